The summed E-state index contributed by atoms with van der Waals surface area (Å²) < 4.78 is 0. The predicted molar refractivity (Wildman–Crippen MR) is 62.3 cm³/mol. The number of H-pyrrole nitrogens is 1. The number of carboxylic acid groups (broad SMARTS) is 1. The number of thiazole rings is 1. The van der Waals surface area contributed by atoms with Gasteiger partial charge in [-0.3, -0.25) is 5.10 Å². The van der Waals surface area contributed by atoms with E-state index in [1.807, 2.05) is 0 Å². The highest BCUT2D eigenvalue weighted by molar-refractivity contribution is 7.13. The van der Waals surface area contributed by atoms with Gasteiger partial charge in [-0.2, -0.15) is 5.10 Å². The fourth-order valence-electron chi connectivity index (χ4n) is 1.26. The smallest absolute Gasteiger partial charge is 0.355 e. The summed E-state index contributed by atoms with van der Waals surface area (Å²) in [6.45, 7) is 0.716. The lowest BCUT2D eigenvalue weighted by Gasteiger charge is -2.00. The molecule has 0 bridgehead atoms. The molecule has 3 N–H and O–H groups in total. The van der Waals surface area contributed by atoms with Gasteiger partial charge < -0.3 is 10.4 Å². The summed E-state index contributed by atoms with van der Waals surface area (Å²) in [5.74, 6) is -0.159. The van der Waals surface area contributed by atoms with E-state index in [0.717, 1.165) is 18.7 Å². The van der Waals surface area contributed by atoms with Gasteiger partial charge in [0.2, 0.25) is 0 Å². The van der Waals surface area contributed by atoms with Gasteiger partial charge in [0, 0.05) is 18.3 Å². The average Bonchev–Trinajstić information content (AvgIpc) is 2.96. The molecule has 2 rings (SSSR count). The van der Waals surface area contributed by atoms with Crippen LogP contribution in [0.3, 0.4) is 0 Å². The number of aryl methyl sites for hydroxylation is 1. The number of nitrogens with one attached hydrogen (secondary N) is 2. The molecule has 0 aromatic carbocycles. The van der Waals surface area contributed by atoms with Crippen LogP contribution in [0.1, 0.15) is 22.7 Å². The van der Waals surface area contributed by atoms with Gasteiger partial charge in [0.1, 0.15) is 12.2 Å². The third-order valence-corrected chi connectivity index (χ3v) is 2.85. The van der Waals surface area contributed by atoms with Gasteiger partial charge in [0.15, 0.2) is 10.8 Å². The number of aromatic carboxylic acids is 1. The lowest BCUT2D eigenvalue weighted by Crippen LogP contribution is -2.04. The Labute approximate surface area is 101 Å². The quantitative estimate of drug-likeness (QED) is 0.663. The Kier molecular flexibility index (Phi) is 3.66. The van der Waals surface area contributed by atoms with Gasteiger partial charge >= 0.3 is 5.97 Å². The summed E-state index contributed by atoms with van der Waals surface area (Å²) >= 11 is 1.29. The first kappa shape index (κ1) is 11.5. The largest absolute Gasteiger partial charge is 0.476 e. The lowest BCUT2D eigenvalue weighted by atomic mass is 10.3. The van der Waals surface area contributed by atoms with Crippen LogP contribution < -0.4 is 5.32 Å². The minimum atomic E-state index is -1.00. The maximum atomic E-state index is 10.6. The monoisotopic (exact) mass is 253 g/mol. The molecule has 0 atom stereocenters. The molecule has 2 heterocycles. The topological polar surface area (TPSA) is 104 Å². The van der Waals surface area contributed by atoms with Crippen LogP contribution in [0.5, 0.6) is 0 Å². The first-order chi connectivity index (χ1) is 8.25. The molecule has 0 unspecified atom stereocenters. The third kappa shape index (κ3) is 3.25. The zero-order chi connectivity index (χ0) is 12.1. The standard InChI is InChI=1S/C9H11N5O2S/c15-8(16)6-4-17-9(13-6)10-3-1-2-7-11-5-12-14-7/h4-5H,1-3H2,(H,10,13)(H,15,16)(H,11,12,14). The van der Waals surface area contributed by atoms with Crippen molar-refractivity contribution in [1.82, 2.24) is 20.2 Å². The molecule has 2 aromatic rings. The van der Waals surface area contributed by atoms with Crippen LogP contribution in [0.2, 0.25) is 0 Å². The molecular weight excluding hydrogens is 242 g/mol. The molecule has 0 saturated carbocycles. The Hall–Kier alpha value is -1.96. The first-order valence-electron chi connectivity index (χ1n) is 5.02. The maximum absolute atomic E-state index is 10.6. The van der Waals surface area contributed by atoms with Crippen molar-refractivity contribution >= 4 is 22.4 Å². The number of aromatic amines is 1. The Morgan fingerprint density at radius 2 is 2.47 bits per heavy atom. The van der Waals surface area contributed by atoms with E-state index < -0.39 is 5.97 Å². The van der Waals surface area contributed by atoms with Gasteiger partial charge in [-0.15, -0.1) is 11.3 Å². The van der Waals surface area contributed by atoms with Crippen molar-refractivity contribution in [1.29, 1.82) is 0 Å². The van der Waals surface area contributed by atoms with Crippen molar-refractivity contribution < 1.29 is 9.90 Å². The highest BCUT2D eigenvalue weighted by Gasteiger charge is 2.07. The Bertz CT molecular complexity index is 481. The van der Waals surface area contributed by atoms with E-state index in [1.165, 1.54) is 23.0 Å². The number of carboxylic acids is 1. The summed E-state index contributed by atoms with van der Waals surface area (Å²) in [6, 6.07) is 0. The SMILES string of the molecule is O=C(O)c1csc(NCCCc2ncn[nH]2)n1. The van der Waals surface area contributed by atoms with Crippen LogP contribution in [-0.2, 0) is 6.42 Å². The Morgan fingerprint density at radius 1 is 1.59 bits per heavy atom. The highest BCUT2D eigenvalue weighted by atomic mass is 32.1. The van der Waals surface area contributed by atoms with Gasteiger partial charge in [-0.1, -0.05) is 0 Å². The van der Waals surface area contributed by atoms with E-state index in [-0.39, 0.29) is 5.69 Å². The maximum Gasteiger partial charge on any atom is 0.355 e. The predicted octanol–water partition coefficient (Wildman–Crippen LogP) is 1.00. The van der Waals surface area contributed by atoms with Crippen molar-refractivity contribution in [3.8, 4) is 0 Å². The zero-order valence-corrected chi connectivity index (χ0v) is 9.70. The number of hydrogen-bond donors (Lipinski definition) is 3. The molecule has 0 aliphatic rings. The van der Waals surface area contributed by atoms with Crippen molar-refractivity contribution in [2.45, 2.75) is 12.8 Å². The van der Waals surface area contributed by atoms with Crippen LogP contribution in [-0.4, -0.2) is 37.8 Å². The molecule has 0 spiro atoms. The number of hydrogen-bond acceptors (Lipinski definition) is 6. The summed E-state index contributed by atoms with van der Waals surface area (Å²) in [7, 11) is 0. The van der Waals surface area contributed by atoms with Crippen LogP contribution in [0.4, 0.5) is 5.13 Å². The minimum Gasteiger partial charge on any atom is -0.476 e. The zero-order valence-electron chi connectivity index (χ0n) is 8.88. The first-order valence-corrected chi connectivity index (χ1v) is 5.90. The number of anilines is 1. The van der Waals surface area contributed by atoms with Gasteiger partial charge in [-0.25, -0.2) is 14.8 Å². The van der Waals surface area contributed by atoms with E-state index >= 15 is 0 Å². The summed E-state index contributed by atoms with van der Waals surface area (Å²) in [6.07, 6.45) is 3.14. The second kappa shape index (κ2) is 5.39. The van der Waals surface area contributed by atoms with E-state index in [4.69, 9.17) is 5.11 Å². The van der Waals surface area contributed by atoms with Crippen molar-refractivity contribution in [2.75, 3.05) is 11.9 Å². The molecule has 0 amide bonds. The normalized spacial score (nSPS) is 10.4. The lowest BCUT2D eigenvalue weighted by molar-refractivity contribution is 0.0691. The van der Waals surface area contributed by atoms with Crippen LogP contribution in [0.15, 0.2) is 11.7 Å². The van der Waals surface area contributed by atoms with Crippen LogP contribution in [0, 0.1) is 0 Å². The third-order valence-electron chi connectivity index (χ3n) is 2.05. The molecule has 0 aliphatic heterocycles. The second-order valence-corrected chi connectivity index (χ2v) is 4.16. The molecule has 0 radical (unpaired) electrons. The number of nitrogens with zero attached hydrogens (tertiary/aromatic N) is 3. The van der Waals surface area contributed by atoms with Gasteiger partial charge in [0.05, 0.1) is 0 Å². The summed E-state index contributed by atoms with van der Waals surface area (Å²) in [4.78, 5) is 18.5. The second-order valence-electron chi connectivity index (χ2n) is 3.31. The van der Waals surface area contributed by atoms with E-state index in [0.29, 0.717) is 11.7 Å². The molecule has 2 aromatic heterocycles. The molecule has 90 valence electrons. The fourth-order valence-corrected chi connectivity index (χ4v) is 1.97. The summed E-state index contributed by atoms with van der Waals surface area (Å²) in [5, 5.41) is 20.4. The van der Waals surface area contributed by atoms with Crippen molar-refractivity contribution in [3.05, 3.63) is 23.2 Å². The average molecular weight is 253 g/mol. The van der Waals surface area contributed by atoms with Gasteiger partial charge in [-0.05, 0) is 6.42 Å². The molecule has 0 aliphatic carbocycles. The number of carbonyl (C=O) groups is 1. The van der Waals surface area contributed by atoms with Crippen LogP contribution in [0.25, 0.3) is 0 Å². The Morgan fingerprint density at radius 3 is 3.12 bits per heavy atom. The number of aromatic nitrogens is 4. The van der Waals surface area contributed by atoms with E-state index in [1.54, 1.807) is 0 Å². The highest BCUT2D eigenvalue weighted by Crippen LogP contribution is 2.15. The van der Waals surface area contributed by atoms with Gasteiger partial charge in [0.25, 0.3) is 0 Å². The molecular formula is C9H11N5O2S. The van der Waals surface area contributed by atoms with Crippen molar-refractivity contribution in [3.63, 3.8) is 0 Å². The molecule has 7 nitrogen and oxygen atoms in total. The Balaban J connectivity index is 1.72. The molecule has 0 fully saturated rings. The minimum absolute atomic E-state index is 0.0766. The van der Waals surface area contributed by atoms with Crippen molar-refractivity contribution in [2.24, 2.45) is 0 Å². The molecule has 8 heteroatoms. The molecule has 0 saturated heterocycles. The van der Waals surface area contributed by atoms with E-state index in [9.17, 15) is 4.79 Å². The fraction of sp³-hybridized carbons (Fsp3) is 0.333. The molecule has 17 heavy (non-hydrogen) atoms. The summed E-state index contributed by atoms with van der Waals surface area (Å²) in [5.41, 5.74) is 0.0766. The van der Waals surface area contributed by atoms with E-state index in [2.05, 4.69) is 25.5 Å². The number of rotatable bonds is 6. The van der Waals surface area contributed by atoms with Crippen LogP contribution >= 0.6 is 11.3 Å².